The summed E-state index contributed by atoms with van der Waals surface area (Å²) in [6, 6.07) is 17.2. The molecule has 0 fully saturated rings. The number of rotatable bonds is 5. The minimum absolute atomic E-state index is 0.221. The first kappa shape index (κ1) is 20.4. The van der Waals surface area contributed by atoms with Gasteiger partial charge in [-0.2, -0.15) is 5.10 Å². The molecule has 9 nitrogen and oxygen atoms in total. The molecule has 0 unspecified atom stereocenters. The maximum atomic E-state index is 12.7. The lowest BCUT2D eigenvalue weighted by atomic mass is 10.1. The second-order valence-corrected chi connectivity index (χ2v) is 7.73. The molecule has 164 valence electrons. The molecule has 0 bridgehead atoms. The van der Waals surface area contributed by atoms with Gasteiger partial charge in [0.2, 0.25) is 5.95 Å². The molecule has 9 heteroatoms. The molecule has 33 heavy (non-hydrogen) atoms. The van der Waals surface area contributed by atoms with Crippen molar-refractivity contribution in [3.63, 3.8) is 0 Å². The number of carbonyl (C=O) groups excluding carboxylic acids is 1. The van der Waals surface area contributed by atoms with Gasteiger partial charge in [-0.05, 0) is 55.8 Å². The highest BCUT2D eigenvalue weighted by Crippen LogP contribution is 2.29. The van der Waals surface area contributed by atoms with Gasteiger partial charge in [0, 0.05) is 24.6 Å². The van der Waals surface area contributed by atoms with Crippen molar-refractivity contribution in [3.8, 4) is 5.82 Å². The van der Waals surface area contributed by atoms with Gasteiger partial charge in [0.25, 0.3) is 5.91 Å². The van der Waals surface area contributed by atoms with Crippen molar-refractivity contribution in [3.05, 3.63) is 84.1 Å². The van der Waals surface area contributed by atoms with E-state index in [2.05, 4.69) is 25.7 Å². The van der Waals surface area contributed by atoms with Gasteiger partial charge >= 0.3 is 0 Å². The number of para-hydroxylation sites is 2. The summed E-state index contributed by atoms with van der Waals surface area (Å²) < 4.78 is 3.52. The summed E-state index contributed by atoms with van der Waals surface area (Å²) in [7, 11) is 1.75. The Bertz CT molecular complexity index is 1470. The first-order valence-electron chi connectivity index (χ1n) is 10.4. The molecule has 0 aliphatic carbocycles. The molecule has 1 amide bonds. The molecule has 3 heterocycles. The van der Waals surface area contributed by atoms with Gasteiger partial charge in [-0.1, -0.05) is 18.2 Å². The number of nitrogens with one attached hydrogen (secondary N) is 2. The van der Waals surface area contributed by atoms with Gasteiger partial charge in [0.15, 0.2) is 0 Å². The van der Waals surface area contributed by atoms with Crippen LogP contribution in [-0.4, -0.2) is 35.2 Å². The second kappa shape index (κ2) is 8.19. The third-order valence-corrected chi connectivity index (χ3v) is 5.33. The van der Waals surface area contributed by atoms with Gasteiger partial charge in [0.1, 0.15) is 17.8 Å². The van der Waals surface area contributed by atoms with E-state index in [4.69, 9.17) is 4.98 Å². The van der Waals surface area contributed by atoms with Crippen LogP contribution in [0.2, 0.25) is 0 Å². The fourth-order valence-electron chi connectivity index (χ4n) is 3.73. The molecule has 0 aliphatic heterocycles. The van der Waals surface area contributed by atoms with Crippen LogP contribution in [0, 0.1) is 13.8 Å². The molecule has 0 saturated heterocycles. The molecule has 0 saturated carbocycles. The van der Waals surface area contributed by atoms with Crippen molar-refractivity contribution >= 4 is 34.3 Å². The van der Waals surface area contributed by atoms with Crippen molar-refractivity contribution in [2.75, 3.05) is 10.6 Å². The molecule has 3 aromatic heterocycles. The van der Waals surface area contributed by atoms with Gasteiger partial charge in [0.05, 0.1) is 16.7 Å². The SMILES string of the molecule is Cc1cc(C(=O)Nc2ccc(C)c(Nc3nc4ccccc4n3-c3ccncn3)c2)n(C)n1. The van der Waals surface area contributed by atoms with Crippen LogP contribution in [0.15, 0.2) is 67.1 Å². The summed E-state index contributed by atoms with van der Waals surface area (Å²) in [6.07, 6.45) is 3.21. The smallest absolute Gasteiger partial charge is 0.273 e. The van der Waals surface area contributed by atoms with Crippen molar-refractivity contribution in [1.82, 2.24) is 29.3 Å². The van der Waals surface area contributed by atoms with Crippen molar-refractivity contribution in [2.24, 2.45) is 7.05 Å². The number of imidazole rings is 1. The molecular weight excluding hydrogens is 416 g/mol. The maximum absolute atomic E-state index is 12.7. The Morgan fingerprint density at radius 2 is 1.88 bits per heavy atom. The number of nitrogens with zero attached hydrogens (tertiary/aromatic N) is 6. The highest BCUT2D eigenvalue weighted by molar-refractivity contribution is 6.03. The van der Waals surface area contributed by atoms with E-state index in [0.717, 1.165) is 28.0 Å². The Kier molecular flexibility index (Phi) is 5.06. The largest absolute Gasteiger partial charge is 0.325 e. The molecule has 0 atom stereocenters. The zero-order valence-corrected chi connectivity index (χ0v) is 18.4. The van der Waals surface area contributed by atoms with Crippen molar-refractivity contribution in [2.45, 2.75) is 13.8 Å². The second-order valence-electron chi connectivity index (χ2n) is 7.73. The summed E-state index contributed by atoms with van der Waals surface area (Å²) >= 11 is 0. The Morgan fingerprint density at radius 3 is 2.64 bits per heavy atom. The normalized spacial score (nSPS) is 11.0. The molecular formula is C24H22N8O. The number of amides is 1. The van der Waals surface area contributed by atoms with E-state index < -0.39 is 0 Å². The number of aryl methyl sites for hydroxylation is 3. The van der Waals surface area contributed by atoms with Crippen LogP contribution in [0.3, 0.4) is 0 Å². The van der Waals surface area contributed by atoms with Gasteiger partial charge in [-0.3, -0.25) is 14.0 Å². The predicted molar refractivity (Wildman–Crippen MR) is 127 cm³/mol. The van der Waals surface area contributed by atoms with Crippen LogP contribution in [0.4, 0.5) is 17.3 Å². The minimum atomic E-state index is -0.221. The highest BCUT2D eigenvalue weighted by atomic mass is 16.2. The maximum Gasteiger partial charge on any atom is 0.273 e. The number of benzene rings is 2. The topological polar surface area (TPSA) is 103 Å². The van der Waals surface area contributed by atoms with Crippen molar-refractivity contribution < 1.29 is 4.79 Å². The average molecular weight is 438 g/mol. The van der Waals surface area contributed by atoms with E-state index in [1.165, 1.54) is 6.33 Å². The van der Waals surface area contributed by atoms with Crippen LogP contribution >= 0.6 is 0 Å². The summed E-state index contributed by atoms with van der Waals surface area (Å²) in [5.41, 5.74) is 5.53. The Balaban J connectivity index is 1.50. The number of carbonyl (C=O) groups is 1. The van der Waals surface area contributed by atoms with E-state index in [1.807, 2.05) is 66.9 Å². The third-order valence-electron chi connectivity index (χ3n) is 5.33. The molecule has 2 N–H and O–H groups in total. The lowest BCUT2D eigenvalue weighted by Gasteiger charge is -2.14. The number of anilines is 3. The molecule has 5 aromatic rings. The van der Waals surface area contributed by atoms with Crippen LogP contribution in [0.25, 0.3) is 16.9 Å². The third kappa shape index (κ3) is 3.91. The van der Waals surface area contributed by atoms with Gasteiger partial charge in [-0.15, -0.1) is 0 Å². The first-order valence-corrected chi connectivity index (χ1v) is 10.4. The van der Waals surface area contributed by atoms with E-state index in [-0.39, 0.29) is 5.91 Å². The van der Waals surface area contributed by atoms with Gasteiger partial charge < -0.3 is 10.6 Å². The molecule has 2 aromatic carbocycles. The summed E-state index contributed by atoms with van der Waals surface area (Å²) in [4.78, 5) is 25.9. The lowest BCUT2D eigenvalue weighted by molar-refractivity contribution is 0.101. The summed E-state index contributed by atoms with van der Waals surface area (Å²) in [5.74, 6) is 1.10. The van der Waals surface area contributed by atoms with Crippen LogP contribution in [0.1, 0.15) is 21.7 Å². The Morgan fingerprint density at radius 1 is 1.03 bits per heavy atom. The van der Waals surface area contributed by atoms with Crippen LogP contribution in [-0.2, 0) is 7.05 Å². The fraction of sp³-hybridized carbons (Fsp3) is 0.125. The molecule has 0 aliphatic rings. The zero-order valence-electron chi connectivity index (χ0n) is 18.4. The fourth-order valence-corrected chi connectivity index (χ4v) is 3.73. The first-order chi connectivity index (χ1) is 16.0. The number of hydrogen-bond donors (Lipinski definition) is 2. The Labute approximate surface area is 190 Å². The quantitative estimate of drug-likeness (QED) is 0.427. The van der Waals surface area contributed by atoms with Crippen LogP contribution in [0.5, 0.6) is 0 Å². The minimum Gasteiger partial charge on any atom is -0.325 e. The standard InChI is InChI=1S/C24H22N8O/c1-15-8-9-17(27-23(33)21-12-16(2)30-31(21)3)13-19(15)29-24-28-18-6-4-5-7-20(18)32(24)22-10-11-25-14-26-22/h4-14H,1-3H3,(H,27,33)(H,28,29). The van der Waals surface area contributed by atoms with E-state index in [9.17, 15) is 4.79 Å². The van der Waals surface area contributed by atoms with Crippen molar-refractivity contribution in [1.29, 1.82) is 0 Å². The van der Waals surface area contributed by atoms with E-state index in [0.29, 0.717) is 23.1 Å². The number of hydrogen-bond acceptors (Lipinski definition) is 6. The van der Waals surface area contributed by atoms with E-state index in [1.54, 1.807) is 24.0 Å². The average Bonchev–Trinajstić information content (AvgIpc) is 3.35. The Hall–Kier alpha value is -4.53. The number of fused-ring (bicyclic) bond motifs is 1. The predicted octanol–water partition coefficient (Wildman–Crippen LogP) is 4.16. The zero-order chi connectivity index (χ0) is 22.9. The van der Waals surface area contributed by atoms with E-state index >= 15 is 0 Å². The molecule has 5 rings (SSSR count). The highest BCUT2D eigenvalue weighted by Gasteiger charge is 2.16. The number of aromatic nitrogens is 6. The monoisotopic (exact) mass is 438 g/mol. The van der Waals surface area contributed by atoms with Gasteiger partial charge in [-0.25, -0.2) is 15.0 Å². The lowest BCUT2D eigenvalue weighted by Crippen LogP contribution is -2.16. The molecule has 0 radical (unpaired) electrons. The summed E-state index contributed by atoms with van der Waals surface area (Å²) in [5, 5.41) is 10.6. The summed E-state index contributed by atoms with van der Waals surface area (Å²) in [6.45, 7) is 3.85. The van der Waals surface area contributed by atoms with Crippen LogP contribution < -0.4 is 10.6 Å². The molecule has 0 spiro atoms.